The van der Waals surface area contributed by atoms with Gasteiger partial charge in [0.15, 0.2) is 0 Å². The van der Waals surface area contributed by atoms with Crippen LogP contribution in [0.4, 0.5) is 4.79 Å². The molecule has 0 spiro atoms. The summed E-state index contributed by atoms with van der Waals surface area (Å²) in [5.41, 5.74) is 5.42. The van der Waals surface area contributed by atoms with E-state index in [9.17, 15) is 4.79 Å². The van der Waals surface area contributed by atoms with Gasteiger partial charge in [-0.05, 0) is 18.4 Å². The summed E-state index contributed by atoms with van der Waals surface area (Å²) in [6.07, 6.45) is 0.822. The molecule has 0 aromatic rings. The molecule has 4 nitrogen and oxygen atoms in total. The molecule has 4 N–H and O–H groups in total. The van der Waals surface area contributed by atoms with Crippen molar-refractivity contribution in [3.8, 4) is 0 Å². The zero-order chi connectivity index (χ0) is 10.3. The highest BCUT2D eigenvalue weighted by molar-refractivity contribution is 5.73. The molecule has 0 aromatic heterocycles. The van der Waals surface area contributed by atoms with E-state index in [1.54, 1.807) is 0 Å². The predicted octanol–water partition coefficient (Wildman–Crippen LogP) is 0.681. The van der Waals surface area contributed by atoms with E-state index in [4.69, 9.17) is 5.73 Å². The largest absolute Gasteiger partial charge is 0.338 e. The molecule has 0 heterocycles. The van der Waals surface area contributed by atoms with Crippen LogP contribution in [0.1, 0.15) is 27.2 Å². The molecule has 0 aliphatic heterocycles. The summed E-state index contributed by atoms with van der Waals surface area (Å²) in [7, 11) is 0. The first kappa shape index (κ1) is 12.2. The van der Waals surface area contributed by atoms with Gasteiger partial charge in [-0.15, -0.1) is 0 Å². The second-order valence-electron chi connectivity index (χ2n) is 4.31. The molecule has 0 aliphatic carbocycles. The molecule has 0 saturated heterocycles. The fourth-order valence-electron chi connectivity index (χ4n) is 0.712. The zero-order valence-electron chi connectivity index (χ0n) is 8.81. The van der Waals surface area contributed by atoms with E-state index in [-0.39, 0.29) is 11.4 Å². The van der Waals surface area contributed by atoms with E-state index < -0.39 is 0 Å². The average molecular weight is 187 g/mol. The van der Waals surface area contributed by atoms with E-state index in [0.717, 1.165) is 6.42 Å². The minimum absolute atomic E-state index is 0.108. The lowest BCUT2D eigenvalue weighted by atomic mass is 9.97. The van der Waals surface area contributed by atoms with Gasteiger partial charge in [-0.1, -0.05) is 20.8 Å². The Balaban J connectivity index is 3.41. The van der Waals surface area contributed by atoms with E-state index in [1.807, 2.05) is 0 Å². The van der Waals surface area contributed by atoms with Gasteiger partial charge in [0.1, 0.15) is 0 Å². The van der Waals surface area contributed by atoms with Crippen LogP contribution in [0, 0.1) is 5.41 Å². The number of carbonyl (C=O) groups is 1. The first-order valence-corrected chi connectivity index (χ1v) is 4.67. The first-order chi connectivity index (χ1) is 5.95. The van der Waals surface area contributed by atoms with Gasteiger partial charge in [-0.25, -0.2) is 4.79 Å². The van der Waals surface area contributed by atoms with E-state index in [0.29, 0.717) is 19.6 Å². The SMILES string of the molecule is CC(C)(C)CNC(=O)NCCCN. The first-order valence-electron chi connectivity index (χ1n) is 4.67. The Kier molecular flexibility index (Phi) is 5.46. The number of amides is 2. The van der Waals surface area contributed by atoms with Crippen molar-refractivity contribution in [2.24, 2.45) is 11.1 Å². The molecule has 0 unspecified atom stereocenters. The van der Waals surface area contributed by atoms with Crippen molar-refractivity contribution < 1.29 is 4.79 Å². The number of hydrogen-bond acceptors (Lipinski definition) is 2. The van der Waals surface area contributed by atoms with Gasteiger partial charge < -0.3 is 16.4 Å². The highest BCUT2D eigenvalue weighted by atomic mass is 16.2. The van der Waals surface area contributed by atoms with Gasteiger partial charge in [0.2, 0.25) is 0 Å². The van der Waals surface area contributed by atoms with Crippen molar-refractivity contribution in [2.45, 2.75) is 27.2 Å². The molecule has 0 atom stereocenters. The molecule has 0 fully saturated rings. The number of nitrogens with one attached hydrogen (secondary N) is 2. The molecule has 0 aromatic carbocycles. The Hall–Kier alpha value is -0.770. The Morgan fingerprint density at radius 2 is 1.92 bits per heavy atom. The Morgan fingerprint density at radius 3 is 2.38 bits per heavy atom. The molecular weight excluding hydrogens is 166 g/mol. The van der Waals surface area contributed by atoms with Crippen LogP contribution in [0.15, 0.2) is 0 Å². The van der Waals surface area contributed by atoms with Crippen molar-refractivity contribution in [1.29, 1.82) is 0 Å². The maximum absolute atomic E-state index is 11.1. The molecule has 0 aliphatic rings. The lowest BCUT2D eigenvalue weighted by Crippen LogP contribution is -2.40. The normalized spacial score (nSPS) is 11.1. The molecule has 0 saturated carbocycles. The second-order valence-corrected chi connectivity index (χ2v) is 4.31. The van der Waals surface area contributed by atoms with Gasteiger partial charge in [0.25, 0.3) is 0 Å². The van der Waals surface area contributed by atoms with Gasteiger partial charge in [-0.3, -0.25) is 0 Å². The van der Waals surface area contributed by atoms with Crippen LogP contribution in [0.2, 0.25) is 0 Å². The topological polar surface area (TPSA) is 67.2 Å². The lowest BCUT2D eigenvalue weighted by Gasteiger charge is -2.18. The lowest BCUT2D eigenvalue weighted by molar-refractivity contribution is 0.235. The van der Waals surface area contributed by atoms with Crippen molar-refractivity contribution in [1.82, 2.24) is 10.6 Å². The smallest absolute Gasteiger partial charge is 0.314 e. The van der Waals surface area contributed by atoms with Crippen LogP contribution in [-0.4, -0.2) is 25.7 Å². The Bertz CT molecular complexity index is 151. The maximum atomic E-state index is 11.1. The molecular formula is C9H21N3O. The third-order valence-corrected chi connectivity index (χ3v) is 1.45. The standard InChI is InChI=1S/C9H21N3O/c1-9(2,3)7-12-8(13)11-6-4-5-10/h4-7,10H2,1-3H3,(H2,11,12,13). The molecule has 78 valence electrons. The van der Waals surface area contributed by atoms with Crippen molar-refractivity contribution in [2.75, 3.05) is 19.6 Å². The van der Waals surface area contributed by atoms with Crippen LogP contribution in [0.25, 0.3) is 0 Å². The number of hydrogen-bond donors (Lipinski definition) is 3. The van der Waals surface area contributed by atoms with Crippen LogP contribution in [-0.2, 0) is 0 Å². The minimum atomic E-state index is -0.108. The quantitative estimate of drug-likeness (QED) is 0.567. The van der Waals surface area contributed by atoms with Crippen LogP contribution in [0.3, 0.4) is 0 Å². The summed E-state index contributed by atoms with van der Waals surface area (Å²) >= 11 is 0. The van der Waals surface area contributed by atoms with Gasteiger partial charge in [-0.2, -0.15) is 0 Å². The maximum Gasteiger partial charge on any atom is 0.314 e. The summed E-state index contributed by atoms with van der Waals surface area (Å²) < 4.78 is 0. The molecule has 13 heavy (non-hydrogen) atoms. The molecule has 2 amide bonds. The van der Waals surface area contributed by atoms with E-state index in [2.05, 4.69) is 31.4 Å². The third-order valence-electron chi connectivity index (χ3n) is 1.45. The summed E-state index contributed by atoms with van der Waals surface area (Å²) in [6, 6.07) is -0.108. The summed E-state index contributed by atoms with van der Waals surface area (Å²) in [6.45, 7) is 8.17. The predicted molar refractivity (Wildman–Crippen MR) is 54.5 cm³/mol. The number of carbonyl (C=O) groups excluding carboxylic acids is 1. The van der Waals surface area contributed by atoms with Crippen LogP contribution < -0.4 is 16.4 Å². The Morgan fingerprint density at radius 1 is 1.31 bits per heavy atom. The summed E-state index contributed by atoms with van der Waals surface area (Å²) in [5, 5.41) is 5.52. The van der Waals surface area contributed by atoms with Gasteiger partial charge >= 0.3 is 6.03 Å². The number of urea groups is 1. The molecule has 0 radical (unpaired) electrons. The van der Waals surface area contributed by atoms with E-state index in [1.165, 1.54) is 0 Å². The van der Waals surface area contributed by atoms with Crippen molar-refractivity contribution in [3.63, 3.8) is 0 Å². The average Bonchev–Trinajstić information content (AvgIpc) is 2.00. The van der Waals surface area contributed by atoms with E-state index >= 15 is 0 Å². The molecule has 4 heteroatoms. The zero-order valence-corrected chi connectivity index (χ0v) is 8.81. The minimum Gasteiger partial charge on any atom is -0.338 e. The Labute approximate surface area is 80.3 Å². The van der Waals surface area contributed by atoms with Crippen LogP contribution in [0.5, 0.6) is 0 Å². The highest BCUT2D eigenvalue weighted by Crippen LogP contribution is 2.09. The summed E-state index contributed by atoms with van der Waals surface area (Å²) in [5.74, 6) is 0. The molecule has 0 rings (SSSR count). The van der Waals surface area contributed by atoms with Gasteiger partial charge in [0.05, 0.1) is 0 Å². The highest BCUT2D eigenvalue weighted by Gasteiger charge is 2.10. The number of rotatable bonds is 4. The van der Waals surface area contributed by atoms with Crippen molar-refractivity contribution >= 4 is 6.03 Å². The second kappa shape index (κ2) is 5.80. The van der Waals surface area contributed by atoms with Gasteiger partial charge in [0, 0.05) is 13.1 Å². The fourth-order valence-corrected chi connectivity index (χ4v) is 0.712. The summed E-state index contributed by atoms with van der Waals surface area (Å²) in [4.78, 5) is 11.1. The van der Waals surface area contributed by atoms with Crippen molar-refractivity contribution in [3.05, 3.63) is 0 Å². The third kappa shape index (κ3) is 9.14. The fraction of sp³-hybridized carbons (Fsp3) is 0.889. The monoisotopic (exact) mass is 187 g/mol. The molecule has 0 bridgehead atoms. The number of nitrogens with two attached hydrogens (primary N) is 1. The van der Waals surface area contributed by atoms with Crippen LogP contribution >= 0.6 is 0 Å².